The zero-order valence-corrected chi connectivity index (χ0v) is 20.3. The van der Waals surface area contributed by atoms with Crippen LogP contribution in [0.15, 0.2) is 90.1 Å². The summed E-state index contributed by atoms with van der Waals surface area (Å²) in [5.41, 5.74) is 1.62. The number of aliphatic hydroxyl groups is 1. The Kier molecular flexibility index (Phi) is 7.39. The fourth-order valence-corrected chi connectivity index (χ4v) is 3.94. The Hall–Kier alpha value is -3.81. The van der Waals surface area contributed by atoms with Gasteiger partial charge in [0.05, 0.1) is 31.1 Å². The lowest BCUT2D eigenvalue weighted by atomic mass is 10.0. The van der Waals surface area contributed by atoms with Gasteiger partial charge in [0, 0.05) is 25.7 Å². The van der Waals surface area contributed by atoms with Crippen molar-refractivity contribution in [3.8, 4) is 28.6 Å². The summed E-state index contributed by atoms with van der Waals surface area (Å²) in [5.74, 6) is 2.85. The molecule has 0 bridgehead atoms. The first kappa shape index (κ1) is 24.3. The molecule has 4 rings (SSSR count). The predicted octanol–water partition coefficient (Wildman–Crippen LogP) is 5.42. The molecule has 0 spiro atoms. The maximum absolute atomic E-state index is 10.8. The molecule has 0 radical (unpaired) electrons. The highest BCUT2D eigenvalue weighted by atomic mass is 16.5. The van der Waals surface area contributed by atoms with E-state index in [9.17, 15) is 5.11 Å². The Morgan fingerprint density at radius 1 is 1.06 bits per heavy atom. The minimum atomic E-state index is -1.08. The van der Waals surface area contributed by atoms with Crippen LogP contribution in [0.4, 0.5) is 0 Å². The van der Waals surface area contributed by atoms with Crippen molar-refractivity contribution in [2.75, 3.05) is 13.7 Å². The van der Waals surface area contributed by atoms with Gasteiger partial charge in [-0.2, -0.15) is 5.10 Å². The number of nitrogens with zero attached hydrogens (tertiary/aromatic N) is 3. The molecule has 7 nitrogen and oxygen atoms in total. The van der Waals surface area contributed by atoms with Crippen LogP contribution in [0.3, 0.4) is 0 Å². The van der Waals surface area contributed by atoms with E-state index in [1.165, 1.54) is 0 Å². The van der Waals surface area contributed by atoms with E-state index in [2.05, 4.69) is 11.5 Å². The van der Waals surface area contributed by atoms with Crippen LogP contribution in [0.5, 0.6) is 17.4 Å². The van der Waals surface area contributed by atoms with Crippen molar-refractivity contribution in [3.63, 3.8) is 0 Å². The number of ether oxygens (including phenoxy) is 2. The molecule has 0 amide bonds. The molecule has 1 unspecified atom stereocenters. The Bertz CT molecular complexity index is 1230. The second kappa shape index (κ2) is 10.6. The van der Waals surface area contributed by atoms with Gasteiger partial charge in [-0.3, -0.25) is 4.90 Å². The summed E-state index contributed by atoms with van der Waals surface area (Å²) < 4.78 is 19.0. The zero-order valence-electron chi connectivity index (χ0n) is 20.3. The highest BCUT2D eigenvalue weighted by Crippen LogP contribution is 2.35. The minimum Gasteiger partial charge on any atom is -0.497 e. The maximum atomic E-state index is 10.8. The van der Waals surface area contributed by atoms with Crippen molar-refractivity contribution in [2.24, 2.45) is 7.05 Å². The van der Waals surface area contributed by atoms with Crippen LogP contribution >= 0.6 is 0 Å². The van der Waals surface area contributed by atoms with Crippen molar-refractivity contribution in [3.05, 3.63) is 97.0 Å². The van der Waals surface area contributed by atoms with Crippen LogP contribution in [0.1, 0.15) is 18.2 Å². The third-order valence-electron chi connectivity index (χ3n) is 5.73. The van der Waals surface area contributed by atoms with E-state index < -0.39 is 5.60 Å². The summed E-state index contributed by atoms with van der Waals surface area (Å²) in [4.78, 5) is 2.10. The molecule has 0 aliphatic rings. The summed E-state index contributed by atoms with van der Waals surface area (Å²) in [6.45, 7) is 6.85. The maximum Gasteiger partial charge on any atom is 0.222 e. The summed E-state index contributed by atoms with van der Waals surface area (Å²) in [7, 11) is 3.50. The van der Waals surface area contributed by atoms with Crippen molar-refractivity contribution in [2.45, 2.75) is 25.6 Å². The first-order chi connectivity index (χ1) is 16.9. The van der Waals surface area contributed by atoms with Gasteiger partial charge < -0.3 is 19.0 Å². The van der Waals surface area contributed by atoms with Gasteiger partial charge in [0.15, 0.2) is 0 Å². The molecule has 4 aromatic rings. The summed E-state index contributed by atoms with van der Waals surface area (Å²) in [6, 6.07) is 21.2. The summed E-state index contributed by atoms with van der Waals surface area (Å²) >= 11 is 0. The van der Waals surface area contributed by atoms with Crippen molar-refractivity contribution in [1.29, 1.82) is 0 Å². The highest BCUT2D eigenvalue weighted by Gasteiger charge is 2.26. The molecule has 0 saturated carbocycles. The number of furan rings is 1. The molecule has 182 valence electrons. The van der Waals surface area contributed by atoms with E-state index >= 15 is 0 Å². The van der Waals surface area contributed by atoms with Gasteiger partial charge in [-0.1, -0.05) is 36.4 Å². The first-order valence-corrected chi connectivity index (χ1v) is 11.4. The average Bonchev–Trinajstić information content (AvgIpc) is 3.48. The average molecular weight is 474 g/mol. The second-order valence-corrected chi connectivity index (χ2v) is 8.69. The van der Waals surface area contributed by atoms with E-state index in [1.807, 2.05) is 73.8 Å². The Morgan fingerprint density at radius 3 is 2.40 bits per heavy atom. The Labute approximate surface area is 205 Å². The van der Waals surface area contributed by atoms with Gasteiger partial charge in [-0.05, 0) is 43.3 Å². The van der Waals surface area contributed by atoms with E-state index in [0.717, 1.165) is 28.3 Å². The molecule has 2 aromatic heterocycles. The number of aryl methyl sites for hydroxylation is 1. The van der Waals surface area contributed by atoms with Crippen LogP contribution < -0.4 is 9.47 Å². The SMILES string of the molecule is C=CC(C)(O)CN(Cc1ccco1)Cc1c(-c2ccccc2)nn(C)c1Oc1ccc(OC)cc1. The van der Waals surface area contributed by atoms with Crippen LogP contribution in [0.2, 0.25) is 0 Å². The number of methoxy groups -OCH3 is 1. The normalized spacial score (nSPS) is 12.9. The molecular weight excluding hydrogens is 442 g/mol. The van der Waals surface area contributed by atoms with Crippen LogP contribution in [0, 0.1) is 0 Å². The molecule has 1 atom stereocenters. The standard InChI is InChI=1S/C28H31N3O4/c1-5-28(2,32)20-31(18-24-12-9-17-34-24)19-25-26(21-10-7-6-8-11-21)29-30(3)27(25)35-23-15-13-22(33-4)14-16-23/h5-17,32H,1,18-20H2,2-4H3. The number of hydrogen-bond donors (Lipinski definition) is 1. The first-order valence-electron chi connectivity index (χ1n) is 11.4. The quantitative estimate of drug-likeness (QED) is 0.293. The van der Waals surface area contributed by atoms with Gasteiger partial charge in [0.25, 0.3) is 0 Å². The van der Waals surface area contributed by atoms with Gasteiger partial charge in [0.1, 0.15) is 23.0 Å². The molecular formula is C28H31N3O4. The summed E-state index contributed by atoms with van der Waals surface area (Å²) in [6.07, 6.45) is 3.20. The lowest BCUT2D eigenvalue weighted by Gasteiger charge is -2.29. The van der Waals surface area contributed by atoms with Gasteiger partial charge >= 0.3 is 0 Å². The lowest BCUT2D eigenvalue weighted by molar-refractivity contribution is 0.0526. The van der Waals surface area contributed by atoms with Crippen molar-refractivity contribution in [1.82, 2.24) is 14.7 Å². The van der Waals surface area contributed by atoms with Crippen LogP contribution in [0.25, 0.3) is 11.3 Å². The number of aromatic nitrogens is 2. The Morgan fingerprint density at radius 2 is 1.77 bits per heavy atom. The summed E-state index contributed by atoms with van der Waals surface area (Å²) in [5, 5.41) is 15.6. The minimum absolute atomic E-state index is 0.350. The van der Waals surface area contributed by atoms with Crippen molar-refractivity contribution >= 4 is 0 Å². The topological polar surface area (TPSA) is 72.9 Å². The van der Waals surface area contributed by atoms with E-state index in [1.54, 1.807) is 31.1 Å². The smallest absolute Gasteiger partial charge is 0.222 e. The number of hydrogen-bond acceptors (Lipinski definition) is 6. The van der Waals surface area contributed by atoms with Crippen molar-refractivity contribution < 1.29 is 19.0 Å². The second-order valence-electron chi connectivity index (χ2n) is 8.69. The molecule has 0 fully saturated rings. The molecule has 0 saturated heterocycles. The van der Waals surface area contributed by atoms with Gasteiger partial charge in [-0.15, -0.1) is 6.58 Å². The molecule has 2 aromatic carbocycles. The third-order valence-corrected chi connectivity index (χ3v) is 5.73. The fourth-order valence-electron chi connectivity index (χ4n) is 3.94. The lowest BCUT2D eigenvalue weighted by Crippen LogP contribution is -2.38. The highest BCUT2D eigenvalue weighted by molar-refractivity contribution is 5.65. The molecule has 7 heteroatoms. The van der Waals surface area contributed by atoms with Gasteiger partial charge in [0.2, 0.25) is 5.88 Å². The molecule has 35 heavy (non-hydrogen) atoms. The molecule has 1 N–H and O–H groups in total. The Balaban J connectivity index is 1.74. The van der Waals surface area contributed by atoms with E-state index in [0.29, 0.717) is 31.3 Å². The van der Waals surface area contributed by atoms with Crippen LogP contribution in [-0.2, 0) is 20.1 Å². The number of rotatable bonds is 11. The molecule has 2 heterocycles. The zero-order chi connectivity index (χ0) is 24.8. The predicted molar refractivity (Wildman–Crippen MR) is 135 cm³/mol. The van der Waals surface area contributed by atoms with E-state index in [4.69, 9.17) is 19.0 Å². The molecule has 0 aliphatic heterocycles. The van der Waals surface area contributed by atoms with Gasteiger partial charge in [-0.25, -0.2) is 4.68 Å². The largest absolute Gasteiger partial charge is 0.497 e. The fraction of sp³-hybridized carbons (Fsp3) is 0.250. The third kappa shape index (κ3) is 6.01. The van der Waals surface area contributed by atoms with E-state index in [-0.39, 0.29) is 0 Å². The number of benzene rings is 2. The molecule has 0 aliphatic carbocycles. The van der Waals surface area contributed by atoms with Crippen LogP contribution in [-0.4, -0.2) is 39.0 Å². The monoisotopic (exact) mass is 473 g/mol.